The number of carbonyl (C=O) groups is 2. The summed E-state index contributed by atoms with van der Waals surface area (Å²) in [5.74, 6) is -0.570. The predicted octanol–water partition coefficient (Wildman–Crippen LogP) is 2.91. The van der Waals surface area contributed by atoms with Crippen LogP contribution in [0.4, 0.5) is 0 Å². The van der Waals surface area contributed by atoms with Crippen LogP contribution in [0.25, 0.3) is 10.8 Å². The van der Waals surface area contributed by atoms with E-state index in [1.54, 1.807) is 0 Å². The number of rotatable bonds is 7. The highest BCUT2D eigenvalue weighted by Gasteiger charge is 2.04. The number of carboxylic acids is 1. The fraction of sp³-hybridized carbons (Fsp3) is 0.250. The second-order valence-electron chi connectivity index (χ2n) is 4.64. The molecular formula is C16H17NO3S. The molecule has 110 valence electrons. The zero-order valence-electron chi connectivity index (χ0n) is 11.5. The number of hydrogen-bond donors (Lipinski definition) is 2. The van der Waals surface area contributed by atoms with E-state index >= 15 is 0 Å². The van der Waals surface area contributed by atoms with E-state index < -0.39 is 5.97 Å². The molecule has 0 aliphatic heterocycles. The first kappa shape index (κ1) is 15.4. The number of fused-ring (bicyclic) bond motifs is 1. The Morgan fingerprint density at radius 3 is 2.62 bits per heavy atom. The molecule has 2 aromatic rings. The highest BCUT2D eigenvalue weighted by Crippen LogP contribution is 2.23. The molecule has 4 nitrogen and oxygen atoms in total. The summed E-state index contributed by atoms with van der Waals surface area (Å²) in [5, 5.41) is 13.6. The normalized spacial score (nSPS) is 10.5. The number of benzene rings is 2. The summed E-state index contributed by atoms with van der Waals surface area (Å²) in [6.07, 6.45) is 0.541. The molecule has 2 aromatic carbocycles. The van der Waals surface area contributed by atoms with Crippen molar-refractivity contribution in [1.82, 2.24) is 5.32 Å². The number of amides is 1. The van der Waals surface area contributed by atoms with Crippen molar-refractivity contribution in [2.75, 3.05) is 12.3 Å². The number of thioether (sulfide) groups is 1. The summed E-state index contributed by atoms with van der Waals surface area (Å²) in [7, 11) is 0. The lowest BCUT2D eigenvalue weighted by Crippen LogP contribution is -2.26. The maximum absolute atomic E-state index is 11.6. The number of nitrogens with one attached hydrogen (secondary N) is 1. The van der Waals surface area contributed by atoms with Gasteiger partial charge in [0.05, 0.1) is 5.75 Å². The summed E-state index contributed by atoms with van der Waals surface area (Å²) in [4.78, 5) is 23.0. The third kappa shape index (κ3) is 5.11. The third-order valence-corrected chi connectivity index (χ3v) is 3.97. The van der Waals surface area contributed by atoms with E-state index in [1.165, 1.54) is 17.1 Å². The molecule has 0 saturated carbocycles. The first-order valence-corrected chi connectivity index (χ1v) is 7.74. The summed E-state index contributed by atoms with van der Waals surface area (Å²) in [6, 6.07) is 14.2. The van der Waals surface area contributed by atoms with Crippen LogP contribution in [0.1, 0.15) is 12.8 Å². The van der Waals surface area contributed by atoms with Gasteiger partial charge in [0.1, 0.15) is 0 Å². The van der Waals surface area contributed by atoms with Crippen LogP contribution in [-0.4, -0.2) is 29.3 Å². The molecule has 0 heterocycles. The summed E-state index contributed by atoms with van der Waals surface area (Å²) in [6.45, 7) is 0.406. The first-order chi connectivity index (χ1) is 10.1. The minimum absolute atomic E-state index is 0.0708. The Hall–Kier alpha value is -2.01. The molecule has 2 rings (SSSR count). The summed E-state index contributed by atoms with van der Waals surface area (Å²) in [5.41, 5.74) is 0. The van der Waals surface area contributed by atoms with Crippen molar-refractivity contribution in [1.29, 1.82) is 0 Å². The Bertz CT molecular complexity index is 642. The Morgan fingerprint density at radius 2 is 1.86 bits per heavy atom. The van der Waals surface area contributed by atoms with Crippen molar-refractivity contribution in [2.24, 2.45) is 0 Å². The molecule has 21 heavy (non-hydrogen) atoms. The monoisotopic (exact) mass is 303 g/mol. The van der Waals surface area contributed by atoms with Crippen molar-refractivity contribution < 1.29 is 14.7 Å². The van der Waals surface area contributed by atoms with E-state index in [4.69, 9.17) is 5.11 Å². The van der Waals surface area contributed by atoms with E-state index in [-0.39, 0.29) is 12.3 Å². The lowest BCUT2D eigenvalue weighted by atomic mass is 10.1. The minimum Gasteiger partial charge on any atom is -0.481 e. The van der Waals surface area contributed by atoms with E-state index in [1.807, 2.05) is 30.3 Å². The summed E-state index contributed by atoms with van der Waals surface area (Å²) < 4.78 is 0. The average molecular weight is 303 g/mol. The maximum atomic E-state index is 11.6. The first-order valence-electron chi connectivity index (χ1n) is 6.75. The Morgan fingerprint density at radius 1 is 1.10 bits per heavy atom. The molecule has 0 aromatic heterocycles. The van der Waals surface area contributed by atoms with Gasteiger partial charge >= 0.3 is 5.97 Å². The van der Waals surface area contributed by atoms with Crippen molar-refractivity contribution in [3.63, 3.8) is 0 Å². The fourth-order valence-electron chi connectivity index (χ4n) is 1.92. The smallest absolute Gasteiger partial charge is 0.303 e. The molecule has 0 spiro atoms. The number of hydrogen-bond acceptors (Lipinski definition) is 3. The van der Waals surface area contributed by atoms with Crippen LogP contribution in [0.5, 0.6) is 0 Å². The standard InChI is InChI=1S/C16H17NO3S/c18-15(17-9-3-6-16(19)20)11-21-14-8-7-12-4-1-2-5-13(12)10-14/h1-2,4-5,7-8,10H,3,6,9,11H2,(H,17,18)(H,19,20). The van der Waals surface area contributed by atoms with E-state index in [2.05, 4.69) is 17.4 Å². The van der Waals surface area contributed by atoms with Crippen LogP contribution < -0.4 is 5.32 Å². The SMILES string of the molecule is O=C(O)CCCNC(=O)CSc1ccc2ccccc2c1. The lowest BCUT2D eigenvalue weighted by molar-refractivity contribution is -0.137. The number of carboxylic acid groups (broad SMARTS) is 1. The van der Waals surface area contributed by atoms with Gasteiger partial charge in [0, 0.05) is 17.9 Å². The highest BCUT2D eigenvalue weighted by molar-refractivity contribution is 8.00. The van der Waals surface area contributed by atoms with E-state index in [0.717, 1.165) is 10.3 Å². The van der Waals surface area contributed by atoms with Gasteiger partial charge in [0.15, 0.2) is 0 Å². The minimum atomic E-state index is -0.838. The van der Waals surface area contributed by atoms with Gasteiger partial charge in [-0.1, -0.05) is 30.3 Å². The molecule has 0 fully saturated rings. The molecule has 2 N–H and O–H groups in total. The van der Waals surface area contributed by atoms with Gasteiger partial charge in [-0.25, -0.2) is 0 Å². The van der Waals surface area contributed by atoms with Crippen LogP contribution >= 0.6 is 11.8 Å². The number of aliphatic carboxylic acids is 1. The average Bonchev–Trinajstić information content (AvgIpc) is 2.49. The van der Waals surface area contributed by atoms with E-state index in [0.29, 0.717) is 18.7 Å². The van der Waals surface area contributed by atoms with Gasteiger partial charge in [-0.15, -0.1) is 11.8 Å². The topological polar surface area (TPSA) is 66.4 Å². The zero-order valence-corrected chi connectivity index (χ0v) is 12.4. The Balaban J connectivity index is 1.78. The van der Waals surface area contributed by atoms with Crippen LogP contribution in [-0.2, 0) is 9.59 Å². The Labute approximate surface area is 127 Å². The van der Waals surface area contributed by atoms with Gasteiger partial charge in [0.25, 0.3) is 0 Å². The van der Waals surface area contributed by atoms with Crippen molar-refractivity contribution in [3.8, 4) is 0 Å². The van der Waals surface area contributed by atoms with Gasteiger partial charge in [-0.3, -0.25) is 9.59 Å². The Kier molecular flexibility index (Phi) is 5.63. The molecule has 0 radical (unpaired) electrons. The second kappa shape index (κ2) is 7.69. The van der Waals surface area contributed by atoms with Gasteiger partial charge < -0.3 is 10.4 Å². The van der Waals surface area contributed by atoms with Crippen molar-refractivity contribution in [2.45, 2.75) is 17.7 Å². The molecule has 0 atom stereocenters. The van der Waals surface area contributed by atoms with Crippen LogP contribution in [0.15, 0.2) is 47.4 Å². The fourth-order valence-corrected chi connectivity index (χ4v) is 2.70. The highest BCUT2D eigenvalue weighted by atomic mass is 32.2. The second-order valence-corrected chi connectivity index (χ2v) is 5.69. The molecule has 1 amide bonds. The van der Waals surface area contributed by atoms with E-state index in [9.17, 15) is 9.59 Å². The third-order valence-electron chi connectivity index (χ3n) is 2.98. The van der Waals surface area contributed by atoms with Crippen LogP contribution in [0, 0.1) is 0 Å². The van der Waals surface area contributed by atoms with Crippen molar-refractivity contribution >= 4 is 34.4 Å². The molecule has 5 heteroatoms. The quantitative estimate of drug-likeness (QED) is 0.609. The predicted molar refractivity (Wildman–Crippen MR) is 84.6 cm³/mol. The largest absolute Gasteiger partial charge is 0.481 e. The molecule has 0 bridgehead atoms. The molecule has 0 saturated heterocycles. The van der Waals surface area contributed by atoms with Gasteiger partial charge in [0.2, 0.25) is 5.91 Å². The maximum Gasteiger partial charge on any atom is 0.303 e. The van der Waals surface area contributed by atoms with Gasteiger partial charge in [-0.05, 0) is 29.3 Å². The van der Waals surface area contributed by atoms with Crippen LogP contribution in [0.2, 0.25) is 0 Å². The number of carbonyl (C=O) groups excluding carboxylic acids is 1. The lowest BCUT2D eigenvalue weighted by Gasteiger charge is -2.05. The molecular weight excluding hydrogens is 286 g/mol. The molecule has 0 unspecified atom stereocenters. The molecule has 0 aliphatic carbocycles. The van der Waals surface area contributed by atoms with Crippen LogP contribution in [0.3, 0.4) is 0 Å². The van der Waals surface area contributed by atoms with Gasteiger partial charge in [-0.2, -0.15) is 0 Å². The zero-order chi connectivity index (χ0) is 15.1. The molecule has 0 aliphatic rings. The van der Waals surface area contributed by atoms with Crippen molar-refractivity contribution in [3.05, 3.63) is 42.5 Å². The summed E-state index contributed by atoms with van der Waals surface area (Å²) >= 11 is 1.48.